The molecule has 180 valence electrons. The van der Waals surface area contributed by atoms with E-state index in [0.717, 1.165) is 15.3 Å². The Balaban J connectivity index is 1.59. The number of hydrogen-bond donors (Lipinski definition) is 2. The first-order valence-corrected chi connectivity index (χ1v) is 11.9. The zero-order valence-corrected chi connectivity index (χ0v) is 20.4. The third-order valence-electron chi connectivity index (χ3n) is 5.84. The Morgan fingerprint density at radius 3 is 2.31 bits per heavy atom. The molecule has 9 heteroatoms. The number of nitrogens with zero attached hydrogens (tertiary/aromatic N) is 1. The number of amides is 4. The van der Waals surface area contributed by atoms with Gasteiger partial charge in [0.15, 0.2) is 0 Å². The van der Waals surface area contributed by atoms with E-state index in [1.807, 2.05) is 36.4 Å². The van der Waals surface area contributed by atoms with Gasteiger partial charge in [0.25, 0.3) is 5.91 Å². The van der Waals surface area contributed by atoms with Crippen LogP contribution in [0.1, 0.15) is 35.3 Å². The molecule has 3 aromatic rings. The van der Waals surface area contributed by atoms with Gasteiger partial charge >= 0.3 is 12.0 Å². The number of carbonyl (C=O) groups is 4. The van der Waals surface area contributed by atoms with Crippen LogP contribution in [0.25, 0.3) is 10.4 Å². The number of ether oxygens (including phenoxy) is 1. The zero-order valence-electron chi connectivity index (χ0n) is 19.6. The van der Waals surface area contributed by atoms with Gasteiger partial charge in [-0.15, -0.1) is 11.3 Å². The summed E-state index contributed by atoms with van der Waals surface area (Å²) >= 11 is 1.24. The molecule has 8 nitrogen and oxygen atoms in total. The second-order valence-electron chi connectivity index (χ2n) is 8.21. The van der Waals surface area contributed by atoms with E-state index in [1.165, 1.54) is 11.3 Å². The lowest BCUT2D eigenvalue weighted by molar-refractivity contribution is -0.133. The van der Waals surface area contributed by atoms with Gasteiger partial charge in [-0.3, -0.25) is 14.5 Å². The van der Waals surface area contributed by atoms with Crippen molar-refractivity contribution in [2.24, 2.45) is 0 Å². The highest BCUT2D eigenvalue weighted by Crippen LogP contribution is 2.40. The largest absolute Gasteiger partial charge is 0.462 e. The maximum atomic E-state index is 13.1. The quantitative estimate of drug-likeness (QED) is 0.379. The van der Waals surface area contributed by atoms with Crippen molar-refractivity contribution in [3.63, 3.8) is 0 Å². The van der Waals surface area contributed by atoms with Crippen molar-refractivity contribution in [1.29, 1.82) is 0 Å². The summed E-state index contributed by atoms with van der Waals surface area (Å²) in [6.45, 7) is 4.80. The minimum Gasteiger partial charge on any atom is -0.462 e. The summed E-state index contributed by atoms with van der Waals surface area (Å²) < 4.78 is 5.21. The monoisotopic (exact) mass is 491 g/mol. The van der Waals surface area contributed by atoms with Crippen LogP contribution in [0.5, 0.6) is 0 Å². The van der Waals surface area contributed by atoms with Gasteiger partial charge in [-0.05, 0) is 37.5 Å². The molecular formula is C26H25N3O5S. The van der Waals surface area contributed by atoms with Crippen LogP contribution in [0.15, 0.2) is 60.7 Å². The van der Waals surface area contributed by atoms with Crippen LogP contribution in [0.2, 0.25) is 0 Å². The number of hydrogen-bond acceptors (Lipinski definition) is 6. The fourth-order valence-electron chi connectivity index (χ4n) is 4.03. The van der Waals surface area contributed by atoms with Crippen LogP contribution in [0, 0.1) is 6.92 Å². The van der Waals surface area contributed by atoms with Gasteiger partial charge in [-0.25, -0.2) is 9.59 Å². The predicted octanol–water partition coefficient (Wildman–Crippen LogP) is 4.31. The minimum atomic E-state index is -1.27. The van der Waals surface area contributed by atoms with Crippen molar-refractivity contribution in [1.82, 2.24) is 10.2 Å². The summed E-state index contributed by atoms with van der Waals surface area (Å²) in [6.07, 6.45) is 0. The van der Waals surface area contributed by atoms with Crippen molar-refractivity contribution in [3.05, 3.63) is 77.4 Å². The van der Waals surface area contributed by atoms with E-state index < -0.39 is 35.9 Å². The van der Waals surface area contributed by atoms with Crippen molar-refractivity contribution in [2.45, 2.75) is 26.3 Å². The number of urea groups is 1. The third-order valence-corrected chi connectivity index (χ3v) is 7.10. The van der Waals surface area contributed by atoms with E-state index in [1.54, 1.807) is 45.0 Å². The molecule has 35 heavy (non-hydrogen) atoms. The maximum absolute atomic E-state index is 13.1. The van der Waals surface area contributed by atoms with Gasteiger partial charge < -0.3 is 15.4 Å². The van der Waals surface area contributed by atoms with E-state index in [4.69, 9.17) is 4.74 Å². The second kappa shape index (κ2) is 9.71. The number of rotatable bonds is 7. The number of esters is 1. The highest BCUT2D eigenvalue weighted by atomic mass is 32.1. The molecule has 0 saturated carbocycles. The SMILES string of the molecule is CCOC(=O)c1c(NC(=O)CN2C(=O)NC(C)(c3ccccc3)C2=O)sc(-c2ccccc2)c1C. The van der Waals surface area contributed by atoms with Crippen LogP contribution < -0.4 is 10.6 Å². The molecule has 0 bridgehead atoms. The summed E-state index contributed by atoms with van der Waals surface area (Å²) in [5, 5.41) is 5.71. The van der Waals surface area contributed by atoms with Gasteiger partial charge in [0.2, 0.25) is 5.91 Å². The molecule has 4 amide bonds. The lowest BCUT2D eigenvalue weighted by atomic mass is 9.92. The van der Waals surface area contributed by atoms with Crippen molar-refractivity contribution in [3.8, 4) is 10.4 Å². The molecule has 1 aromatic heterocycles. The fourth-order valence-corrected chi connectivity index (χ4v) is 5.25. The maximum Gasteiger partial charge on any atom is 0.341 e. The smallest absolute Gasteiger partial charge is 0.341 e. The molecule has 2 heterocycles. The second-order valence-corrected chi connectivity index (χ2v) is 9.23. The van der Waals surface area contributed by atoms with E-state index >= 15 is 0 Å². The highest BCUT2D eigenvalue weighted by molar-refractivity contribution is 7.20. The van der Waals surface area contributed by atoms with Gasteiger partial charge in [0.1, 0.15) is 17.1 Å². The molecule has 1 unspecified atom stereocenters. The number of nitrogens with one attached hydrogen (secondary N) is 2. The Morgan fingerprint density at radius 1 is 1.06 bits per heavy atom. The van der Waals surface area contributed by atoms with Gasteiger partial charge in [0.05, 0.1) is 12.2 Å². The lowest BCUT2D eigenvalue weighted by Crippen LogP contribution is -2.42. The number of carbonyl (C=O) groups excluding carboxylic acids is 4. The minimum absolute atomic E-state index is 0.183. The van der Waals surface area contributed by atoms with Crippen molar-refractivity contribution < 1.29 is 23.9 Å². The molecule has 1 fully saturated rings. The Bertz CT molecular complexity index is 1290. The van der Waals surface area contributed by atoms with Crippen LogP contribution in [0.4, 0.5) is 9.80 Å². The average molecular weight is 492 g/mol. The first-order chi connectivity index (χ1) is 16.8. The molecular weight excluding hydrogens is 466 g/mol. The standard InChI is InChI=1S/C26H25N3O5S/c1-4-34-23(31)20-16(2)21(17-11-7-5-8-12-17)35-22(20)27-19(30)15-29-24(32)26(3,28-25(29)33)18-13-9-6-10-14-18/h5-14H,4,15H2,1-3H3,(H,27,30)(H,28,33). The lowest BCUT2D eigenvalue weighted by Gasteiger charge is -2.22. The molecule has 0 spiro atoms. The number of benzene rings is 2. The Hall–Kier alpha value is -3.98. The first-order valence-electron chi connectivity index (χ1n) is 11.1. The zero-order chi connectivity index (χ0) is 25.2. The number of imide groups is 1. The Morgan fingerprint density at radius 2 is 1.69 bits per heavy atom. The van der Waals surface area contributed by atoms with Crippen LogP contribution in [-0.4, -0.2) is 41.9 Å². The summed E-state index contributed by atoms with van der Waals surface area (Å²) in [4.78, 5) is 53.1. The van der Waals surface area contributed by atoms with Crippen molar-refractivity contribution in [2.75, 3.05) is 18.5 Å². The predicted molar refractivity (Wildman–Crippen MR) is 133 cm³/mol. The van der Waals surface area contributed by atoms with Gasteiger partial charge in [-0.1, -0.05) is 60.7 Å². The van der Waals surface area contributed by atoms with Gasteiger partial charge in [-0.2, -0.15) is 0 Å². The topological polar surface area (TPSA) is 105 Å². The molecule has 2 N–H and O–H groups in total. The number of thiophene rings is 1. The third kappa shape index (κ3) is 4.54. The van der Waals surface area contributed by atoms with E-state index in [2.05, 4.69) is 10.6 Å². The molecule has 1 aliphatic rings. The summed E-state index contributed by atoms with van der Waals surface area (Å²) in [5.41, 5.74) is 1.19. The molecule has 2 aromatic carbocycles. The average Bonchev–Trinajstić information content (AvgIpc) is 3.29. The normalized spacial score (nSPS) is 17.3. The van der Waals surface area contributed by atoms with Crippen LogP contribution >= 0.6 is 11.3 Å². The molecule has 1 atom stereocenters. The summed E-state index contributed by atoms with van der Waals surface area (Å²) in [6, 6.07) is 17.7. The van der Waals surface area contributed by atoms with Crippen molar-refractivity contribution >= 4 is 40.2 Å². The Labute approximate surface area is 206 Å². The van der Waals surface area contributed by atoms with E-state index in [0.29, 0.717) is 16.1 Å². The van der Waals surface area contributed by atoms with E-state index in [-0.39, 0.29) is 12.2 Å². The fraction of sp³-hybridized carbons (Fsp3) is 0.231. The first kappa shape index (κ1) is 24.2. The van der Waals surface area contributed by atoms with Crippen LogP contribution in [0.3, 0.4) is 0 Å². The van der Waals surface area contributed by atoms with Gasteiger partial charge in [0, 0.05) is 4.88 Å². The molecule has 0 radical (unpaired) electrons. The highest BCUT2D eigenvalue weighted by Gasteiger charge is 2.49. The Kier molecular flexibility index (Phi) is 6.70. The number of anilines is 1. The van der Waals surface area contributed by atoms with E-state index in [9.17, 15) is 19.2 Å². The molecule has 1 saturated heterocycles. The summed E-state index contributed by atoms with van der Waals surface area (Å²) in [5.74, 6) is -1.68. The molecule has 4 rings (SSSR count). The molecule has 1 aliphatic heterocycles. The molecule has 0 aliphatic carbocycles. The van der Waals surface area contributed by atoms with Crippen LogP contribution in [-0.2, 0) is 19.9 Å². The summed E-state index contributed by atoms with van der Waals surface area (Å²) in [7, 11) is 0.